The first-order chi connectivity index (χ1) is 9.59. The molecule has 0 fully saturated rings. The predicted molar refractivity (Wildman–Crippen MR) is 84.9 cm³/mol. The zero-order valence-corrected chi connectivity index (χ0v) is 13.0. The van der Waals surface area contributed by atoms with Crippen LogP contribution >= 0.6 is 28.1 Å². The van der Waals surface area contributed by atoms with Gasteiger partial charge >= 0.3 is 0 Å². The highest BCUT2D eigenvalue weighted by atomic mass is 79.9. The third kappa shape index (κ3) is 3.62. The van der Waals surface area contributed by atoms with Gasteiger partial charge < -0.3 is 10.5 Å². The number of halogens is 2. The summed E-state index contributed by atoms with van der Waals surface area (Å²) in [7, 11) is 0. The standard InChI is InChI=1S/C15H13BrFNOS/c16-13-7-2-1-4-10(13)8-19-9-11-5-3-6-12(14(11)17)15(18)20/h1-7H,8-9H2,(H2,18,20). The van der Waals surface area contributed by atoms with Crippen LogP contribution in [0.2, 0.25) is 0 Å². The molecule has 0 aromatic heterocycles. The van der Waals surface area contributed by atoms with Crippen LogP contribution in [-0.2, 0) is 18.0 Å². The molecule has 2 aromatic carbocycles. The minimum Gasteiger partial charge on any atom is -0.389 e. The van der Waals surface area contributed by atoms with Crippen molar-refractivity contribution in [2.24, 2.45) is 5.73 Å². The Morgan fingerprint density at radius 3 is 2.45 bits per heavy atom. The molecule has 104 valence electrons. The van der Waals surface area contributed by atoms with Crippen LogP contribution in [0.3, 0.4) is 0 Å². The van der Waals surface area contributed by atoms with Crippen molar-refractivity contribution in [2.45, 2.75) is 13.2 Å². The highest BCUT2D eigenvalue weighted by Crippen LogP contribution is 2.18. The fraction of sp³-hybridized carbons (Fsp3) is 0.133. The topological polar surface area (TPSA) is 35.2 Å². The summed E-state index contributed by atoms with van der Waals surface area (Å²) in [5, 5.41) is 0. The van der Waals surface area contributed by atoms with Crippen molar-refractivity contribution in [3.8, 4) is 0 Å². The lowest BCUT2D eigenvalue weighted by Gasteiger charge is -2.09. The fourth-order valence-electron chi connectivity index (χ4n) is 1.77. The summed E-state index contributed by atoms with van der Waals surface area (Å²) in [4.78, 5) is 0.0511. The van der Waals surface area contributed by atoms with Crippen LogP contribution in [0.15, 0.2) is 46.9 Å². The van der Waals surface area contributed by atoms with Crippen LogP contribution in [0, 0.1) is 5.82 Å². The van der Waals surface area contributed by atoms with E-state index in [0.717, 1.165) is 10.0 Å². The van der Waals surface area contributed by atoms with E-state index < -0.39 is 5.82 Å². The minimum atomic E-state index is -0.410. The molecule has 5 heteroatoms. The molecule has 0 bridgehead atoms. The SMILES string of the molecule is NC(=S)c1cccc(COCc2ccccc2Br)c1F. The molecule has 20 heavy (non-hydrogen) atoms. The number of nitrogens with two attached hydrogens (primary N) is 1. The van der Waals surface area contributed by atoms with E-state index in [9.17, 15) is 4.39 Å². The molecule has 0 saturated carbocycles. The minimum absolute atomic E-state index is 0.0511. The molecular formula is C15H13BrFNOS. The van der Waals surface area contributed by atoms with Crippen molar-refractivity contribution in [3.63, 3.8) is 0 Å². The van der Waals surface area contributed by atoms with Gasteiger partial charge in [0.1, 0.15) is 10.8 Å². The van der Waals surface area contributed by atoms with Crippen LogP contribution in [0.5, 0.6) is 0 Å². The van der Waals surface area contributed by atoms with E-state index in [4.69, 9.17) is 22.7 Å². The second kappa shape index (κ2) is 6.92. The van der Waals surface area contributed by atoms with Gasteiger partial charge in [-0.1, -0.05) is 58.5 Å². The maximum absolute atomic E-state index is 14.1. The van der Waals surface area contributed by atoms with Gasteiger partial charge in [0.15, 0.2) is 0 Å². The Morgan fingerprint density at radius 1 is 1.10 bits per heavy atom. The van der Waals surface area contributed by atoms with Crippen molar-refractivity contribution >= 4 is 33.1 Å². The molecule has 2 rings (SSSR count). The molecule has 0 saturated heterocycles. The van der Waals surface area contributed by atoms with Gasteiger partial charge in [0.25, 0.3) is 0 Å². The number of hydrogen-bond donors (Lipinski definition) is 1. The molecule has 0 unspecified atom stereocenters. The summed E-state index contributed by atoms with van der Waals surface area (Å²) in [5.74, 6) is -0.410. The Hall–Kier alpha value is -1.30. The molecular weight excluding hydrogens is 341 g/mol. The maximum Gasteiger partial charge on any atom is 0.138 e. The Labute approximate surface area is 130 Å². The van der Waals surface area contributed by atoms with Gasteiger partial charge in [0, 0.05) is 15.6 Å². The molecule has 0 radical (unpaired) electrons. The van der Waals surface area contributed by atoms with Gasteiger partial charge in [-0.3, -0.25) is 0 Å². The molecule has 0 aliphatic carbocycles. The lowest BCUT2D eigenvalue weighted by atomic mass is 10.1. The molecule has 2 nitrogen and oxygen atoms in total. The zero-order chi connectivity index (χ0) is 14.5. The first-order valence-corrected chi connectivity index (χ1v) is 7.18. The molecule has 0 aliphatic heterocycles. The second-order valence-electron chi connectivity index (χ2n) is 4.23. The number of hydrogen-bond acceptors (Lipinski definition) is 2. The first-order valence-electron chi connectivity index (χ1n) is 5.98. The summed E-state index contributed by atoms with van der Waals surface area (Å²) in [6, 6.07) is 12.7. The Balaban J connectivity index is 2.03. The molecule has 2 N–H and O–H groups in total. The Kier molecular flexibility index (Phi) is 5.23. The Morgan fingerprint density at radius 2 is 1.75 bits per heavy atom. The summed E-state index contributed by atoms with van der Waals surface area (Å²) in [5.41, 5.74) is 7.18. The number of thiocarbonyl (C=S) groups is 1. The summed E-state index contributed by atoms with van der Waals surface area (Å²) >= 11 is 8.25. The lowest BCUT2D eigenvalue weighted by Crippen LogP contribution is -2.13. The largest absolute Gasteiger partial charge is 0.389 e. The summed E-state index contributed by atoms with van der Waals surface area (Å²) in [6.45, 7) is 0.571. The zero-order valence-electron chi connectivity index (χ0n) is 10.6. The number of ether oxygens (including phenoxy) is 1. The maximum atomic E-state index is 14.1. The highest BCUT2D eigenvalue weighted by Gasteiger charge is 2.10. The van der Waals surface area contributed by atoms with E-state index >= 15 is 0 Å². The van der Waals surface area contributed by atoms with E-state index in [0.29, 0.717) is 12.2 Å². The van der Waals surface area contributed by atoms with E-state index in [1.807, 2.05) is 24.3 Å². The lowest BCUT2D eigenvalue weighted by molar-refractivity contribution is 0.104. The van der Waals surface area contributed by atoms with Gasteiger partial charge in [0.05, 0.1) is 13.2 Å². The second-order valence-corrected chi connectivity index (χ2v) is 5.52. The number of rotatable bonds is 5. The smallest absolute Gasteiger partial charge is 0.138 e. The third-order valence-electron chi connectivity index (χ3n) is 2.82. The molecule has 2 aromatic rings. The van der Waals surface area contributed by atoms with Gasteiger partial charge in [-0.2, -0.15) is 0 Å². The highest BCUT2D eigenvalue weighted by molar-refractivity contribution is 9.10. The van der Waals surface area contributed by atoms with Crippen molar-refractivity contribution < 1.29 is 9.13 Å². The summed E-state index contributed by atoms with van der Waals surface area (Å²) < 4.78 is 20.6. The van der Waals surface area contributed by atoms with Crippen LogP contribution < -0.4 is 5.73 Å². The van der Waals surface area contributed by atoms with Crippen LogP contribution in [0.1, 0.15) is 16.7 Å². The molecule has 0 spiro atoms. The molecule has 0 atom stereocenters. The monoisotopic (exact) mass is 353 g/mol. The molecule has 0 aliphatic rings. The van der Waals surface area contributed by atoms with Crippen LogP contribution in [0.4, 0.5) is 4.39 Å². The Bertz CT molecular complexity index is 633. The summed E-state index contributed by atoms with van der Waals surface area (Å²) in [6.07, 6.45) is 0. The van der Waals surface area contributed by atoms with Gasteiger partial charge in [0.2, 0.25) is 0 Å². The van der Waals surface area contributed by atoms with Crippen molar-refractivity contribution in [1.82, 2.24) is 0 Å². The van der Waals surface area contributed by atoms with E-state index in [1.165, 1.54) is 0 Å². The van der Waals surface area contributed by atoms with Gasteiger partial charge in [-0.15, -0.1) is 0 Å². The quantitative estimate of drug-likeness (QED) is 0.826. The average molecular weight is 354 g/mol. The van der Waals surface area contributed by atoms with E-state index in [2.05, 4.69) is 15.9 Å². The number of benzene rings is 2. The first kappa shape index (κ1) is 15.1. The van der Waals surface area contributed by atoms with Crippen LogP contribution in [0.25, 0.3) is 0 Å². The molecule has 0 amide bonds. The third-order valence-corrected chi connectivity index (χ3v) is 3.81. The molecule has 0 heterocycles. The van der Waals surface area contributed by atoms with Gasteiger partial charge in [-0.05, 0) is 17.7 Å². The van der Waals surface area contributed by atoms with E-state index in [1.54, 1.807) is 18.2 Å². The van der Waals surface area contributed by atoms with Crippen molar-refractivity contribution in [3.05, 3.63) is 69.4 Å². The predicted octanol–water partition coefficient (Wildman–Crippen LogP) is 3.94. The van der Waals surface area contributed by atoms with E-state index in [-0.39, 0.29) is 17.2 Å². The van der Waals surface area contributed by atoms with Crippen molar-refractivity contribution in [2.75, 3.05) is 0 Å². The average Bonchev–Trinajstić information content (AvgIpc) is 2.42. The fourth-order valence-corrected chi connectivity index (χ4v) is 2.32. The normalized spacial score (nSPS) is 10.5. The van der Waals surface area contributed by atoms with Gasteiger partial charge in [-0.25, -0.2) is 4.39 Å². The van der Waals surface area contributed by atoms with Crippen molar-refractivity contribution in [1.29, 1.82) is 0 Å². The van der Waals surface area contributed by atoms with Crippen LogP contribution in [-0.4, -0.2) is 4.99 Å².